The second kappa shape index (κ2) is 9.30. The van der Waals surface area contributed by atoms with E-state index in [4.69, 9.17) is 14.2 Å². The summed E-state index contributed by atoms with van der Waals surface area (Å²) in [6, 6.07) is -0.437. The lowest BCUT2D eigenvalue weighted by atomic mass is 10.2. The number of hydrogen-bond donors (Lipinski definition) is 1. The zero-order chi connectivity index (χ0) is 15.7. The molecule has 0 atom stereocenters. The van der Waals surface area contributed by atoms with Crippen LogP contribution in [0, 0.1) is 5.92 Å². The van der Waals surface area contributed by atoms with Gasteiger partial charge in [0.15, 0.2) is 0 Å². The van der Waals surface area contributed by atoms with Crippen molar-refractivity contribution < 1.29 is 28.6 Å². The van der Waals surface area contributed by atoms with Crippen molar-refractivity contribution >= 4 is 17.9 Å². The van der Waals surface area contributed by atoms with Gasteiger partial charge in [-0.3, -0.25) is 9.59 Å². The Hall–Kier alpha value is -1.67. The first-order valence-corrected chi connectivity index (χ1v) is 6.92. The SMILES string of the molecule is CC(C)C(=O)OCCOCCOCN1C(=O)CCNC1=O. The average molecular weight is 302 g/mol. The normalized spacial score (nSPS) is 15.3. The Morgan fingerprint density at radius 2 is 1.86 bits per heavy atom. The molecule has 1 rings (SSSR count). The monoisotopic (exact) mass is 302 g/mol. The predicted octanol–water partition coefficient (Wildman–Crippen LogP) is 0.118. The van der Waals surface area contributed by atoms with Gasteiger partial charge in [-0.05, 0) is 0 Å². The smallest absolute Gasteiger partial charge is 0.326 e. The number of urea groups is 1. The van der Waals surface area contributed by atoms with E-state index in [2.05, 4.69) is 5.32 Å². The fraction of sp³-hybridized carbons (Fsp3) is 0.769. The zero-order valence-electron chi connectivity index (χ0n) is 12.4. The number of rotatable bonds is 9. The van der Waals surface area contributed by atoms with Crippen LogP contribution in [-0.4, -0.2) is 62.5 Å². The number of nitrogens with zero attached hydrogens (tertiary/aromatic N) is 1. The molecular formula is C13H22N2O6. The van der Waals surface area contributed by atoms with E-state index in [0.717, 1.165) is 4.90 Å². The number of esters is 1. The van der Waals surface area contributed by atoms with E-state index in [0.29, 0.717) is 13.2 Å². The van der Waals surface area contributed by atoms with E-state index < -0.39 is 6.03 Å². The van der Waals surface area contributed by atoms with Gasteiger partial charge in [-0.2, -0.15) is 0 Å². The number of nitrogens with one attached hydrogen (secondary N) is 1. The molecule has 1 aliphatic rings. The molecule has 1 saturated heterocycles. The third-order valence-electron chi connectivity index (χ3n) is 2.70. The summed E-state index contributed by atoms with van der Waals surface area (Å²) in [5, 5.41) is 2.56. The Balaban J connectivity index is 1.98. The van der Waals surface area contributed by atoms with Gasteiger partial charge in [0.25, 0.3) is 0 Å². The molecule has 0 aromatic rings. The maximum Gasteiger partial charge on any atom is 0.326 e. The van der Waals surface area contributed by atoms with Crippen molar-refractivity contribution in [2.75, 3.05) is 39.7 Å². The van der Waals surface area contributed by atoms with E-state index in [1.54, 1.807) is 13.8 Å². The third-order valence-corrected chi connectivity index (χ3v) is 2.70. The Bertz CT molecular complexity index is 356. The number of imide groups is 1. The molecule has 0 saturated carbocycles. The van der Waals surface area contributed by atoms with Gasteiger partial charge in [-0.1, -0.05) is 13.8 Å². The summed E-state index contributed by atoms with van der Waals surface area (Å²) in [6.45, 7) is 4.82. The number of amides is 3. The van der Waals surface area contributed by atoms with Crippen LogP contribution >= 0.6 is 0 Å². The molecule has 0 spiro atoms. The molecule has 0 aromatic carbocycles. The lowest BCUT2D eigenvalue weighted by molar-refractivity contribution is -0.149. The molecule has 0 bridgehead atoms. The minimum absolute atomic E-state index is 0.0869. The zero-order valence-corrected chi connectivity index (χ0v) is 12.4. The van der Waals surface area contributed by atoms with E-state index >= 15 is 0 Å². The van der Waals surface area contributed by atoms with Crippen LogP contribution in [0.1, 0.15) is 20.3 Å². The highest BCUT2D eigenvalue weighted by Crippen LogP contribution is 2.01. The highest BCUT2D eigenvalue weighted by molar-refractivity contribution is 5.96. The van der Waals surface area contributed by atoms with Gasteiger partial charge >= 0.3 is 12.0 Å². The van der Waals surface area contributed by atoms with E-state index in [-0.39, 0.29) is 50.8 Å². The van der Waals surface area contributed by atoms with Gasteiger partial charge in [-0.25, -0.2) is 9.69 Å². The van der Waals surface area contributed by atoms with E-state index in [1.165, 1.54) is 0 Å². The maximum absolute atomic E-state index is 11.4. The molecule has 21 heavy (non-hydrogen) atoms. The summed E-state index contributed by atoms with van der Waals surface area (Å²) in [7, 11) is 0. The average Bonchev–Trinajstić information content (AvgIpc) is 2.44. The molecule has 8 nitrogen and oxygen atoms in total. The summed E-state index contributed by atoms with van der Waals surface area (Å²) in [4.78, 5) is 35.0. The van der Waals surface area contributed by atoms with Crippen molar-refractivity contribution in [1.82, 2.24) is 10.2 Å². The van der Waals surface area contributed by atoms with Crippen LogP contribution in [0.25, 0.3) is 0 Å². The molecule has 1 heterocycles. The highest BCUT2D eigenvalue weighted by Gasteiger charge is 2.25. The molecule has 1 N–H and O–H groups in total. The summed E-state index contributed by atoms with van der Waals surface area (Å²) in [5.74, 6) is -0.661. The van der Waals surface area contributed by atoms with Gasteiger partial charge < -0.3 is 19.5 Å². The standard InChI is InChI=1S/C13H22N2O6/c1-10(2)12(17)21-8-7-19-5-6-20-9-15-11(16)3-4-14-13(15)18/h10H,3-9H2,1-2H3,(H,14,18). The van der Waals surface area contributed by atoms with E-state index in [9.17, 15) is 14.4 Å². The van der Waals surface area contributed by atoms with Crippen molar-refractivity contribution in [3.05, 3.63) is 0 Å². The van der Waals surface area contributed by atoms with Crippen molar-refractivity contribution in [3.63, 3.8) is 0 Å². The molecule has 1 fully saturated rings. The van der Waals surface area contributed by atoms with Crippen LogP contribution in [0.5, 0.6) is 0 Å². The van der Waals surface area contributed by atoms with Crippen LogP contribution < -0.4 is 5.32 Å². The second-order valence-electron chi connectivity index (χ2n) is 4.78. The fourth-order valence-corrected chi connectivity index (χ4v) is 1.49. The van der Waals surface area contributed by atoms with Gasteiger partial charge in [0.2, 0.25) is 5.91 Å². The molecule has 8 heteroatoms. The van der Waals surface area contributed by atoms with Crippen LogP contribution in [0.3, 0.4) is 0 Å². The summed E-state index contributed by atoms with van der Waals surface area (Å²) in [6.07, 6.45) is 0.285. The van der Waals surface area contributed by atoms with Crippen molar-refractivity contribution in [2.24, 2.45) is 5.92 Å². The highest BCUT2D eigenvalue weighted by atomic mass is 16.6. The lowest BCUT2D eigenvalue weighted by Crippen LogP contribution is -2.50. The second-order valence-corrected chi connectivity index (χ2v) is 4.78. The molecule has 0 aliphatic carbocycles. The number of hydrogen-bond acceptors (Lipinski definition) is 6. The first kappa shape index (κ1) is 17.4. The minimum Gasteiger partial charge on any atom is -0.463 e. The summed E-state index contributed by atoms with van der Waals surface area (Å²) < 4.78 is 15.3. The number of carbonyl (C=O) groups excluding carboxylic acids is 3. The summed E-state index contributed by atoms with van der Waals surface area (Å²) in [5.41, 5.74) is 0. The van der Waals surface area contributed by atoms with Gasteiger partial charge in [-0.15, -0.1) is 0 Å². The van der Waals surface area contributed by atoms with Crippen molar-refractivity contribution in [2.45, 2.75) is 20.3 Å². The maximum atomic E-state index is 11.4. The molecule has 1 aliphatic heterocycles. The Morgan fingerprint density at radius 1 is 1.19 bits per heavy atom. The van der Waals surface area contributed by atoms with Crippen LogP contribution in [0.2, 0.25) is 0 Å². The summed E-state index contributed by atoms with van der Waals surface area (Å²) >= 11 is 0. The van der Waals surface area contributed by atoms with Gasteiger partial charge in [0, 0.05) is 13.0 Å². The topological polar surface area (TPSA) is 94.2 Å². The van der Waals surface area contributed by atoms with E-state index in [1.807, 2.05) is 0 Å². The predicted molar refractivity (Wildman–Crippen MR) is 72.3 cm³/mol. The Morgan fingerprint density at radius 3 is 2.52 bits per heavy atom. The quantitative estimate of drug-likeness (QED) is 0.480. The molecule has 0 unspecified atom stereocenters. The lowest BCUT2D eigenvalue weighted by Gasteiger charge is -2.25. The molecular weight excluding hydrogens is 280 g/mol. The number of carbonyl (C=O) groups is 3. The fourth-order valence-electron chi connectivity index (χ4n) is 1.49. The van der Waals surface area contributed by atoms with Crippen molar-refractivity contribution in [3.8, 4) is 0 Å². The van der Waals surface area contributed by atoms with Crippen LogP contribution in [0.4, 0.5) is 4.79 Å². The molecule has 120 valence electrons. The van der Waals surface area contributed by atoms with Crippen LogP contribution in [-0.2, 0) is 23.8 Å². The van der Waals surface area contributed by atoms with Crippen molar-refractivity contribution in [1.29, 1.82) is 0 Å². The number of ether oxygens (including phenoxy) is 3. The van der Waals surface area contributed by atoms with Gasteiger partial charge in [0.1, 0.15) is 13.3 Å². The molecule has 3 amide bonds. The molecule has 0 aromatic heterocycles. The first-order valence-electron chi connectivity index (χ1n) is 6.92. The molecule has 0 radical (unpaired) electrons. The minimum atomic E-state index is -0.437. The first-order chi connectivity index (χ1) is 10.0. The Kier molecular flexibility index (Phi) is 7.70. The van der Waals surface area contributed by atoms with Crippen LogP contribution in [0.15, 0.2) is 0 Å². The Labute approximate surface area is 123 Å². The van der Waals surface area contributed by atoms with Gasteiger partial charge in [0.05, 0.1) is 25.7 Å². The third kappa shape index (κ3) is 6.54. The largest absolute Gasteiger partial charge is 0.463 e.